The summed E-state index contributed by atoms with van der Waals surface area (Å²) < 4.78 is 2.23. The third-order valence-electron chi connectivity index (χ3n) is 5.36. The van der Waals surface area contributed by atoms with Gasteiger partial charge in [0.25, 0.3) is 0 Å². The van der Waals surface area contributed by atoms with Crippen molar-refractivity contribution < 1.29 is 0 Å². The molecule has 132 valence electrons. The lowest BCUT2D eigenvalue weighted by molar-refractivity contribution is 0.520. The molecule has 0 bridgehead atoms. The minimum absolute atomic E-state index is 0.349. The van der Waals surface area contributed by atoms with E-state index in [4.69, 9.17) is 5.73 Å². The molecule has 4 N–H and O–H groups in total. The Morgan fingerprint density at radius 3 is 2.88 bits per heavy atom. The smallest absolute Gasteiger partial charge is 0.156 e. The summed E-state index contributed by atoms with van der Waals surface area (Å²) in [5.41, 5.74) is 9.70. The molecule has 5 rings (SSSR count). The Kier molecular flexibility index (Phi) is 3.31. The number of fused-ring (bicyclic) bond motifs is 3. The van der Waals surface area contributed by atoms with Crippen LogP contribution in [0.2, 0.25) is 0 Å². The zero-order chi connectivity index (χ0) is 17.7. The fourth-order valence-corrected chi connectivity index (χ4v) is 4.15. The van der Waals surface area contributed by atoms with Crippen molar-refractivity contribution >= 4 is 28.4 Å². The quantitative estimate of drug-likeness (QED) is 0.525. The molecule has 4 aromatic heterocycles. The first-order chi connectivity index (χ1) is 12.7. The van der Waals surface area contributed by atoms with E-state index in [1.165, 1.54) is 5.69 Å². The number of imidazole rings is 1. The van der Waals surface area contributed by atoms with Crippen LogP contribution in [0.3, 0.4) is 0 Å². The largest absolute Gasteiger partial charge is 0.382 e. The molecule has 1 aliphatic rings. The molecule has 1 saturated carbocycles. The molecule has 3 atom stereocenters. The van der Waals surface area contributed by atoms with Gasteiger partial charge in [0, 0.05) is 30.0 Å². The van der Waals surface area contributed by atoms with Gasteiger partial charge in [0.1, 0.15) is 11.6 Å². The maximum absolute atomic E-state index is 5.61. The van der Waals surface area contributed by atoms with E-state index in [1.54, 1.807) is 12.4 Å². The van der Waals surface area contributed by atoms with E-state index in [0.29, 0.717) is 23.7 Å². The predicted octanol–water partition coefficient (Wildman–Crippen LogP) is 2.58. The van der Waals surface area contributed by atoms with Gasteiger partial charge in [0.2, 0.25) is 0 Å². The van der Waals surface area contributed by atoms with E-state index in [9.17, 15) is 0 Å². The zero-order valence-corrected chi connectivity index (χ0v) is 14.4. The fraction of sp³-hybridized carbons (Fsp3) is 0.333. The van der Waals surface area contributed by atoms with E-state index < -0.39 is 0 Å². The van der Waals surface area contributed by atoms with Crippen molar-refractivity contribution in [2.75, 3.05) is 11.1 Å². The number of nitrogens with one attached hydrogen (secondary N) is 2. The lowest BCUT2D eigenvalue weighted by Gasteiger charge is -2.15. The van der Waals surface area contributed by atoms with Gasteiger partial charge in [-0.05, 0) is 24.8 Å². The molecule has 0 spiro atoms. The molecule has 1 aliphatic carbocycles. The molecule has 0 saturated heterocycles. The molecular formula is C18H20N8. The van der Waals surface area contributed by atoms with Gasteiger partial charge in [-0.15, -0.1) is 0 Å². The molecule has 0 radical (unpaired) electrons. The number of nitrogens with two attached hydrogens (primary N) is 1. The van der Waals surface area contributed by atoms with Crippen molar-refractivity contribution in [2.24, 2.45) is 5.92 Å². The number of aromatic amines is 1. The maximum atomic E-state index is 5.61. The molecule has 26 heavy (non-hydrogen) atoms. The van der Waals surface area contributed by atoms with E-state index in [0.717, 1.165) is 35.5 Å². The van der Waals surface area contributed by atoms with E-state index in [2.05, 4.69) is 47.6 Å². The number of nitrogens with zero attached hydrogens (tertiary/aromatic N) is 5. The van der Waals surface area contributed by atoms with Gasteiger partial charge >= 0.3 is 0 Å². The number of hydrogen-bond acceptors (Lipinski definition) is 6. The lowest BCUT2D eigenvalue weighted by Crippen LogP contribution is -2.16. The standard InChI is InChI=1S/C18H20N8/c1-10-4-11(25-16-8-21-15(19)7-22-16)5-12(10)14-6-23-17-9-24-18-13(26(14)17)2-3-20-18/h2-3,6-12,20H,4-5H2,1H3,(H2,19,21)(H,22,25)/t10-,11+,12+/m0/s1. The van der Waals surface area contributed by atoms with Crippen molar-refractivity contribution in [2.45, 2.75) is 31.7 Å². The normalized spacial score (nSPS) is 23.0. The van der Waals surface area contributed by atoms with Crippen LogP contribution >= 0.6 is 0 Å². The Bertz CT molecular complexity index is 1060. The van der Waals surface area contributed by atoms with Crippen molar-refractivity contribution in [1.82, 2.24) is 29.3 Å². The van der Waals surface area contributed by atoms with Gasteiger partial charge in [-0.1, -0.05) is 6.92 Å². The third-order valence-corrected chi connectivity index (χ3v) is 5.36. The number of aromatic nitrogens is 6. The number of anilines is 2. The van der Waals surface area contributed by atoms with Gasteiger partial charge in [-0.25, -0.2) is 19.9 Å². The van der Waals surface area contributed by atoms with Crippen LogP contribution in [-0.4, -0.2) is 35.4 Å². The highest BCUT2D eigenvalue weighted by atomic mass is 15.1. The van der Waals surface area contributed by atoms with Crippen LogP contribution in [0.5, 0.6) is 0 Å². The summed E-state index contributed by atoms with van der Waals surface area (Å²) in [7, 11) is 0. The highest BCUT2D eigenvalue weighted by Crippen LogP contribution is 2.41. The van der Waals surface area contributed by atoms with Crippen molar-refractivity contribution in [3.63, 3.8) is 0 Å². The second-order valence-electron chi connectivity index (χ2n) is 7.07. The summed E-state index contributed by atoms with van der Waals surface area (Å²) in [5.74, 6) is 2.16. The average Bonchev–Trinajstić information content (AvgIpc) is 3.34. The molecule has 8 heteroatoms. The second kappa shape index (κ2) is 5.69. The number of hydrogen-bond donors (Lipinski definition) is 3. The van der Waals surface area contributed by atoms with Crippen LogP contribution < -0.4 is 11.1 Å². The molecule has 4 heterocycles. The van der Waals surface area contributed by atoms with E-state index in [-0.39, 0.29) is 0 Å². The highest BCUT2D eigenvalue weighted by molar-refractivity contribution is 5.74. The molecule has 0 unspecified atom stereocenters. The van der Waals surface area contributed by atoms with E-state index >= 15 is 0 Å². The van der Waals surface area contributed by atoms with Crippen molar-refractivity contribution in [3.05, 3.63) is 42.7 Å². The minimum Gasteiger partial charge on any atom is -0.382 e. The summed E-state index contributed by atoms with van der Waals surface area (Å²) in [4.78, 5) is 20.6. The first kappa shape index (κ1) is 15.1. The van der Waals surface area contributed by atoms with Gasteiger partial charge in [0.15, 0.2) is 11.3 Å². The predicted molar refractivity (Wildman–Crippen MR) is 99.8 cm³/mol. The topological polar surface area (TPSA) is 110 Å². The molecular weight excluding hydrogens is 328 g/mol. The summed E-state index contributed by atoms with van der Waals surface area (Å²) >= 11 is 0. The van der Waals surface area contributed by atoms with Crippen molar-refractivity contribution in [3.8, 4) is 0 Å². The van der Waals surface area contributed by atoms with Crippen LogP contribution in [0.4, 0.5) is 11.6 Å². The highest BCUT2D eigenvalue weighted by Gasteiger charge is 2.34. The minimum atomic E-state index is 0.349. The molecule has 4 aromatic rings. The molecule has 8 nitrogen and oxygen atoms in total. The molecule has 1 fully saturated rings. The molecule has 0 amide bonds. The monoisotopic (exact) mass is 348 g/mol. The Hall–Kier alpha value is -3.16. The molecule has 0 aliphatic heterocycles. The van der Waals surface area contributed by atoms with Crippen LogP contribution in [0.25, 0.3) is 16.8 Å². The zero-order valence-electron chi connectivity index (χ0n) is 14.4. The summed E-state index contributed by atoms with van der Waals surface area (Å²) in [6.07, 6.45) is 11.1. The Labute approximate surface area is 149 Å². The average molecular weight is 348 g/mol. The Morgan fingerprint density at radius 2 is 2.04 bits per heavy atom. The molecule has 0 aromatic carbocycles. The van der Waals surface area contributed by atoms with Crippen LogP contribution in [-0.2, 0) is 0 Å². The van der Waals surface area contributed by atoms with Gasteiger partial charge in [-0.3, -0.25) is 4.40 Å². The summed E-state index contributed by atoms with van der Waals surface area (Å²) in [6.45, 7) is 2.30. The first-order valence-corrected chi connectivity index (χ1v) is 8.82. The third kappa shape index (κ3) is 2.37. The van der Waals surface area contributed by atoms with Crippen LogP contribution in [0.15, 0.2) is 37.1 Å². The Balaban J connectivity index is 1.46. The summed E-state index contributed by atoms with van der Waals surface area (Å²) in [6, 6.07) is 2.40. The fourth-order valence-electron chi connectivity index (χ4n) is 4.15. The van der Waals surface area contributed by atoms with Gasteiger partial charge in [-0.2, -0.15) is 0 Å². The van der Waals surface area contributed by atoms with Crippen LogP contribution in [0, 0.1) is 5.92 Å². The maximum Gasteiger partial charge on any atom is 0.156 e. The number of rotatable bonds is 3. The van der Waals surface area contributed by atoms with Gasteiger partial charge < -0.3 is 16.0 Å². The van der Waals surface area contributed by atoms with E-state index in [1.807, 2.05) is 18.6 Å². The summed E-state index contributed by atoms with van der Waals surface area (Å²) in [5, 5.41) is 3.49. The number of H-pyrrole nitrogens is 1. The lowest BCUT2D eigenvalue weighted by atomic mass is 9.95. The second-order valence-corrected chi connectivity index (χ2v) is 7.07. The van der Waals surface area contributed by atoms with Crippen LogP contribution in [0.1, 0.15) is 31.4 Å². The first-order valence-electron chi connectivity index (χ1n) is 8.82. The SMILES string of the molecule is C[C@H]1C[C@@H](Nc2cnc(N)cn2)C[C@H]1c1cnc2cnc3[nH]ccc3n12. The van der Waals surface area contributed by atoms with Crippen molar-refractivity contribution in [1.29, 1.82) is 0 Å². The number of nitrogen functional groups attached to an aromatic ring is 1. The van der Waals surface area contributed by atoms with Gasteiger partial charge in [0.05, 0.1) is 24.1 Å². The Morgan fingerprint density at radius 1 is 1.12 bits per heavy atom.